The average Bonchev–Trinajstić information content (AvgIpc) is 2.10. The Morgan fingerprint density at radius 3 is 1.93 bits per heavy atom. The lowest BCUT2D eigenvalue weighted by Crippen LogP contribution is -2.19. The second-order valence-electron chi connectivity index (χ2n) is 3.59. The molecule has 0 saturated carbocycles. The molecule has 0 aliphatic rings. The molecule has 15 heavy (non-hydrogen) atoms. The van der Waals surface area contributed by atoms with Crippen LogP contribution in [0.4, 0.5) is 0 Å². The van der Waals surface area contributed by atoms with Crippen LogP contribution in [0.5, 0.6) is 0 Å². The zero-order valence-corrected chi connectivity index (χ0v) is 9.05. The topological polar surface area (TPSA) is 86.2 Å². The third kappa shape index (κ3) is 1.83. The van der Waals surface area contributed by atoms with Crippen LogP contribution < -0.4 is 11.5 Å². The Labute approximate surface area is 88.3 Å². The maximum Gasteiger partial charge on any atom is 0.249 e. The molecule has 1 rings (SSSR count). The van der Waals surface area contributed by atoms with Gasteiger partial charge in [0.2, 0.25) is 11.8 Å². The minimum atomic E-state index is -0.491. The van der Waals surface area contributed by atoms with E-state index in [2.05, 4.69) is 0 Å². The molecular formula is C11H14N2O2. The third-order valence-electron chi connectivity index (χ3n) is 2.61. The fraction of sp³-hybridized carbons (Fsp3) is 0.273. The summed E-state index contributed by atoms with van der Waals surface area (Å²) < 4.78 is 0. The molecular weight excluding hydrogens is 192 g/mol. The van der Waals surface area contributed by atoms with Gasteiger partial charge in [-0.1, -0.05) is 0 Å². The SMILES string of the molecule is Cc1cc(C(N)=O)c(C)c(C)c1C(N)=O. The number of hydrogen-bond acceptors (Lipinski definition) is 2. The molecule has 4 heteroatoms. The van der Waals surface area contributed by atoms with E-state index in [9.17, 15) is 9.59 Å². The van der Waals surface area contributed by atoms with Crippen LogP contribution >= 0.6 is 0 Å². The van der Waals surface area contributed by atoms with Crippen molar-refractivity contribution >= 4 is 11.8 Å². The van der Waals surface area contributed by atoms with E-state index in [0.717, 1.165) is 5.56 Å². The summed E-state index contributed by atoms with van der Waals surface area (Å²) in [6.45, 7) is 5.25. The van der Waals surface area contributed by atoms with Crippen molar-refractivity contribution in [3.8, 4) is 0 Å². The Balaban J connectivity index is 3.58. The number of carbonyl (C=O) groups excluding carboxylic acids is 2. The summed E-state index contributed by atoms with van der Waals surface area (Å²) in [5, 5.41) is 0. The van der Waals surface area contributed by atoms with E-state index in [0.29, 0.717) is 22.3 Å². The maximum atomic E-state index is 11.2. The van der Waals surface area contributed by atoms with Crippen LogP contribution in [0, 0.1) is 20.8 Å². The Kier molecular flexibility index (Phi) is 2.79. The van der Waals surface area contributed by atoms with Gasteiger partial charge in [0.15, 0.2) is 0 Å². The van der Waals surface area contributed by atoms with Gasteiger partial charge >= 0.3 is 0 Å². The standard InChI is InChI=1S/C11H14N2O2/c1-5-4-8(10(12)14)6(2)7(3)9(5)11(13)15/h4H,1-3H3,(H2,12,14)(H2,13,15). The van der Waals surface area contributed by atoms with Crippen LogP contribution in [0.15, 0.2) is 6.07 Å². The van der Waals surface area contributed by atoms with Gasteiger partial charge in [0.1, 0.15) is 0 Å². The van der Waals surface area contributed by atoms with Gasteiger partial charge in [0.05, 0.1) is 0 Å². The van der Waals surface area contributed by atoms with Crippen LogP contribution in [0.1, 0.15) is 37.4 Å². The molecule has 0 saturated heterocycles. The van der Waals surface area contributed by atoms with E-state index in [1.165, 1.54) is 0 Å². The molecule has 80 valence electrons. The largest absolute Gasteiger partial charge is 0.366 e. The highest BCUT2D eigenvalue weighted by molar-refractivity contribution is 6.00. The Morgan fingerprint density at radius 2 is 1.53 bits per heavy atom. The van der Waals surface area contributed by atoms with Crippen LogP contribution in [-0.2, 0) is 0 Å². The Hall–Kier alpha value is -1.84. The van der Waals surface area contributed by atoms with E-state index in [-0.39, 0.29) is 0 Å². The van der Waals surface area contributed by atoms with Crippen LogP contribution in [0.2, 0.25) is 0 Å². The number of rotatable bonds is 2. The summed E-state index contributed by atoms with van der Waals surface area (Å²) in [4.78, 5) is 22.3. The summed E-state index contributed by atoms with van der Waals surface area (Å²) >= 11 is 0. The molecule has 0 radical (unpaired) electrons. The molecule has 2 amide bonds. The molecule has 0 aliphatic carbocycles. The number of amides is 2. The molecule has 1 aromatic carbocycles. The minimum Gasteiger partial charge on any atom is -0.366 e. The summed E-state index contributed by atoms with van der Waals surface area (Å²) in [7, 11) is 0. The Bertz CT molecular complexity index is 450. The van der Waals surface area contributed by atoms with Crippen molar-refractivity contribution < 1.29 is 9.59 Å². The molecule has 0 bridgehead atoms. The molecule has 0 aliphatic heterocycles. The lowest BCUT2D eigenvalue weighted by molar-refractivity contribution is 0.0986. The van der Waals surface area contributed by atoms with Gasteiger partial charge < -0.3 is 11.5 Å². The van der Waals surface area contributed by atoms with Crippen LogP contribution in [0.25, 0.3) is 0 Å². The van der Waals surface area contributed by atoms with E-state index >= 15 is 0 Å². The van der Waals surface area contributed by atoms with E-state index in [1.54, 1.807) is 26.8 Å². The average molecular weight is 206 g/mol. The van der Waals surface area contributed by atoms with Gasteiger partial charge in [-0.2, -0.15) is 0 Å². The highest BCUT2D eigenvalue weighted by atomic mass is 16.1. The maximum absolute atomic E-state index is 11.2. The summed E-state index contributed by atoms with van der Waals surface area (Å²) in [6, 6.07) is 1.60. The molecule has 0 heterocycles. The molecule has 4 nitrogen and oxygen atoms in total. The fourth-order valence-electron chi connectivity index (χ4n) is 1.72. The molecule has 0 aromatic heterocycles. The number of aryl methyl sites for hydroxylation is 1. The summed E-state index contributed by atoms with van der Waals surface area (Å²) in [5.74, 6) is -0.973. The normalized spacial score (nSPS) is 10.1. The second kappa shape index (κ2) is 3.73. The van der Waals surface area contributed by atoms with E-state index < -0.39 is 11.8 Å². The van der Waals surface area contributed by atoms with E-state index in [4.69, 9.17) is 11.5 Å². The number of hydrogen-bond donors (Lipinski definition) is 2. The quantitative estimate of drug-likeness (QED) is 0.750. The zero-order chi connectivity index (χ0) is 11.7. The monoisotopic (exact) mass is 206 g/mol. The molecule has 0 unspecified atom stereocenters. The lowest BCUT2D eigenvalue weighted by atomic mass is 9.93. The molecule has 1 aromatic rings. The number of primary amides is 2. The first-order chi connectivity index (χ1) is 6.86. The predicted octanol–water partition coefficient (Wildman–Crippen LogP) is 0.810. The molecule has 0 fully saturated rings. The summed E-state index contributed by atoms with van der Waals surface area (Å²) in [5.41, 5.74) is 13.5. The molecule has 0 atom stereocenters. The lowest BCUT2D eigenvalue weighted by Gasteiger charge is -2.12. The summed E-state index contributed by atoms with van der Waals surface area (Å²) in [6.07, 6.45) is 0. The molecule has 0 spiro atoms. The van der Waals surface area contributed by atoms with Crippen molar-refractivity contribution in [3.63, 3.8) is 0 Å². The zero-order valence-electron chi connectivity index (χ0n) is 9.05. The Morgan fingerprint density at radius 1 is 1.00 bits per heavy atom. The predicted molar refractivity (Wildman–Crippen MR) is 57.7 cm³/mol. The second-order valence-corrected chi connectivity index (χ2v) is 3.59. The molecule has 4 N–H and O–H groups in total. The first kappa shape index (κ1) is 11.2. The van der Waals surface area contributed by atoms with Gasteiger partial charge in [0.25, 0.3) is 0 Å². The van der Waals surface area contributed by atoms with Crippen molar-refractivity contribution in [1.82, 2.24) is 0 Å². The van der Waals surface area contributed by atoms with Crippen LogP contribution in [0.3, 0.4) is 0 Å². The first-order valence-electron chi connectivity index (χ1n) is 4.56. The van der Waals surface area contributed by atoms with Gasteiger partial charge in [-0.25, -0.2) is 0 Å². The highest BCUT2D eigenvalue weighted by Crippen LogP contribution is 2.21. The van der Waals surface area contributed by atoms with E-state index in [1.807, 2.05) is 0 Å². The van der Waals surface area contributed by atoms with Gasteiger partial charge in [-0.15, -0.1) is 0 Å². The van der Waals surface area contributed by atoms with Crippen molar-refractivity contribution in [2.24, 2.45) is 11.5 Å². The first-order valence-corrected chi connectivity index (χ1v) is 4.56. The smallest absolute Gasteiger partial charge is 0.249 e. The van der Waals surface area contributed by atoms with Crippen LogP contribution in [-0.4, -0.2) is 11.8 Å². The highest BCUT2D eigenvalue weighted by Gasteiger charge is 2.16. The fourth-order valence-corrected chi connectivity index (χ4v) is 1.72. The van der Waals surface area contributed by atoms with Crippen molar-refractivity contribution in [2.75, 3.05) is 0 Å². The number of nitrogens with two attached hydrogens (primary N) is 2. The van der Waals surface area contributed by atoms with Gasteiger partial charge in [-0.3, -0.25) is 9.59 Å². The van der Waals surface area contributed by atoms with Crippen molar-refractivity contribution in [3.05, 3.63) is 33.9 Å². The minimum absolute atomic E-state index is 0.440. The third-order valence-corrected chi connectivity index (χ3v) is 2.61. The number of carbonyl (C=O) groups is 2. The van der Waals surface area contributed by atoms with Crippen molar-refractivity contribution in [1.29, 1.82) is 0 Å². The van der Waals surface area contributed by atoms with Gasteiger partial charge in [0, 0.05) is 11.1 Å². The van der Waals surface area contributed by atoms with Crippen molar-refractivity contribution in [2.45, 2.75) is 20.8 Å². The number of benzene rings is 1. The van der Waals surface area contributed by atoms with Gasteiger partial charge in [-0.05, 0) is 43.5 Å².